The molecule has 5 amide bonds. The lowest BCUT2D eigenvalue weighted by Crippen LogP contribution is -2.55. The number of nitrogens with two attached hydrogens (primary N) is 1. The molecular formula is C50H44N6O11. The van der Waals surface area contributed by atoms with E-state index in [2.05, 4.69) is 29.1 Å². The van der Waals surface area contributed by atoms with Crippen LogP contribution < -0.4 is 26.0 Å². The third kappa shape index (κ3) is 8.42. The molecule has 67 heavy (non-hydrogen) atoms. The molecule has 1 spiro atoms. The van der Waals surface area contributed by atoms with Crippen molar-refractivity contribution < 1.29 is 48.2 Å². The molecule has 0 saturated carbocycles. The predicted molar refractivity (Wildman–Crippen MR) is 242 cm³/mol. The summed E-state index contributed by atoms with van der Waals surface area (Å²) in [4.78, 5) is 86.5. The highest BCUT2D eigenvalue weighted by molar-refractivity contribution is 6.23. The van der Waals surface area contributed by atoms with Gasteiger partial charge in [0, 0.05) is 29.8 Å². The van der Waals surface area contributed by atoms with Crippen LogP contribution in [-0.4, -0.2) is 77.2 Å². The van der Waals surface area contributed by atoms with Crippen LogP contribution in [0.4, 0.5) is 21.0 Å². The summed E-state index contributed by atoms with van der Waals surface area (Å²) in [6.07, 6.45) is -0.695. The number of nitrogens with zero attached hydrogens (tertiary/aromatic N) is 3. The molecule has 2 saturated heterocycles. The average molecular weight is 905 g/mol. The maximum atomic E-state index is 16.3. The fourth-order valence-electron chi connectivity index (χ4n) is 9.41. The fraction of sp³-hybridized carbons (Fsp3) is 0.220. The Balaban J connectivity index is 1.42. The number of benzene rings is 5. The second-order valence-corrected chi connectivity index (χ2v) is 15.8. The number of para-hydroxylation sites is 1. The van der Waals surface area contributed by atoms with Crippen molar-refractivity contribution in [1.82, 2.24) is 15.5 Å². The molecule has 3 heterocycles. The van der Waals surface area contributed by atoms with Crippen LogP contribution in [0.3, 0.4) is 0 Å². The van der Waals surface area contributed by atoms with Gasteiger partial charge in [-0.2, -0.15) is 0 Å². The number of cyclic esters (lactones) is 1. The number of aliphatic hydroxyl groups excluding tert-OH is 1. The van der Waals surface area contributed by atoms with E-state index in [9.17, 15) is 24.8 Å². The zero-order valence-corrected chi connectivity index (χ0v) is 35.8. The first-order valence-corrected chi connectivity index (χ1v) is 21.2. The summed E-state index contributed by atoms with van der Waals surface area (Å²) in [6.45, 7) is 2.63. The van der Waals surface area contributed by atoms with E-state index in [4.69, 9.17) is 19.9 Å². The minimum atomic E-state index is -2.20. The van der Waals surface area contributed by atoms with Gasteiger partial charge in [0.15, 0.2) is 0 Å². The van der Waals surface area contributed by atoms with Crippen LogP contribution in [0.5, 0.6) is 5.75 Å². The molecular weight excluding hydrogens is 861 g/mol. The molecule has 0 unspecified atom stereocenters. The number of aliphatic hydroxyl groups is 1. The lowest BCUT2D eigenvalue weighted by molar-refractivity contribution is -0.384. The Labute approximate surface area is 384 Å². The molecule has 0 radical (unpaired) electrons. The van der Waals surface area contributed by atoms with E-state index >= 15 is 14.4 Å². The number of nitrogens with one attached hydrogen (secondary N) is 2. The maximum absolute atomic E-state index is 16.3. The summed E-state index contributed by atoms with van der Waals surface area (Å²) < 4.78 is 18.5. The van der Waals surface area contributed by atoms with Crippen molar-refractivity contribution >= 4 is 41.3 Å². The van der Waals surface area contributed by atoms with Gasteiger partial charge in [0.1, 0.15) is 36.5 Å². The van der Waals surface area contributed by atoms with Crippen LogP contribution in [-0.2, 0) is 35.9 Å². The van der Waals surface area contributed by atoms with E-state index in [1.807, 2.05) is 65.6 Å². The molecule has 0 bridgehead atoms. The number of nitro groups is 1. The first kappa shape index (κ1) is 45.2. The van der Waals surface area contributed by atoms with Crippen molar-refractivity contribution in [3.8, 4) is 17.6 Å². The lowest BCUT2D eigenvalue weighted by Gasteiger charge is -2.46. The number of hydrogen-bond acceptors (Lipinski definition) is 12. The van der Waals surface area contributed by atoms with Crippen LogP contribution >= 0.6 is 0 Å². The Hall–Kier alpha value is -8.33. The van der Waals surface area contributed by atoms with Crippen molar-refractivity contribution in [3.05, 3.63) is 184 Å². The zero-order chi connectivity index (χ0) is 47.2. The summed E-state index contributed by atoms with van der Waals surface area (Å²) in [5, 5.41) is 26.6. The van der Waals surface area contributed by atoms with E-state index in [1.165, 1.54) is 36.4 Å². The number of amides is 5. The number of morpholine rings is 1. The number of anilines is 1. The van der Waals surface area contributed by atoms with Crippen molar-refractivity contribution in [3.63, 3.8) is 0 Å². The predicted octanol–water partition coefficient (Wildman–Crippen LogP) is 5.29. The van der Waals surface area contributed by atoms with Gasteiger partial charge in [-0.1, -0.05) is 96.8 Å². The minimum Gasteiger partial charge on any atom is -0.491 e. The Morgan fingerprint density at radius 3 is 2.27 bits per heavy atom. The fourth-order valence-corrected chi connectivity index (χ4v) is 9.41. The number of carbonyl (C=O) groups excluding carboxylic acids is 5. The van der Waals surface area contributed by atoms with Crippen LogP contribution in [0, 0.1) is 27.9 Å². The molecule has 5 aromatic carbocycles. The minimum absolute atomic E-state index is 0.0175. The second kappa shape index (κ2) is 19.4. The Morgan fingerprint density at radius 2 is 1.60 bits per heavy atom. The molecule has 3 aliphatic rings. The Morgan fingerprint density at radius 1 is 0.910 bits per heavy atom. The van der Waals surface area contributed by atoms with Gasteiger partial charge in [0.2, 0.25) is 11.8 Å². The summed E-state index contributed by atoms with van der Waals surface area (Å²) in [5.74, 6) is 1.89. The third-order valence-electron chi connectivity index (χ3n) is 12.0. The van der Waals surface area contributed by atoms with Crippen LogP contribution in [0.25, 0.3) is 0 Å². The Bertz CT molecular complexity index is 2800. The zero-order valence-electron chi connectivity index (χ0n) is 35.8. The van der Waals surface area contributed by atoms with E-state index in [-0.39, 0.29) is 49.0 Å². The monoisotopic (exact) mass is 904 g/mol. The largest absolute Gasteiger partial charge is 0.491 e. The number of imide groups is 1. The molecule has 17 nitrogen and oxygen atoms in total. The van der Waals surface area contributed by atoms with Crippen LogP contribution in [0.15, 0.2) is 140 Å². The van der Waals surface area contributed by atoms with Gasteiger partial charge in [-0.15, -0.1) is 6.58 Å². The van der Waals surface area contributed by atoms with Gasteiger partial charge in [-0.3, -0.25) is 29.4 Å². The molecule has 3 aliphatic heterocycles. The van der Waals surface area contributed by atoms with Gasteiger partial charge in [0.25, 0.3) is 5.69 Å². The first-order chi connectivity index (χ1) is 32.5. The molecule has 0 aromatic heterocycles. The van der Waals surface area contributed by atoms with E-state index in [0.29, 0.717) is 27.8 Å². The summed E-state index contributed by atoms with van der Waals surface area (Å²) in [5.41, 5.74) is 5.36. The van der Waals surface area contributed by atoms with Crippen LogP contribution in [0.2, 0.25) is 0 Å². The molecule has 17 heteroatoms. The highest BCUT2D eigenvalue weighted by Crippen LogP contribution is 2.66. The average Bonchev–Trinajstić information content (AvgIpc) is 3.80. The quantitative estimate of drug-likeness (QED) is 0.0388. The van der Waals surface area contributed by atoms with Crippen molar-refractivity contribution in [2.75, 3.05) is 31.2 Å². The van der Waals surface area contributed by atoms with Gasteiger partial charge < -0.3 is 35.7 Å². The van der Waals surface area contributed by atoms with E-state index in [0.717, 1.165) is 4.90 Å². The lowest BCUT2D eigenvalue weighted by atomic mass is 9.65. The second-order valence-electron chi connectivity index (χ2n) is 15.8. The molecule has 2 fully saturated rings. The standard InChI is InChI=1S/C50H44N6O11/c1-2-25-52-45(58)40-42-46(59)67-43(34-15-7-4-8-16-34)41(33-13-5-3-6-14-33)55(42)44(36-17-9-10-18-39(36)65-28-27-57)50(40)37-29-31(12-11-26-53-48(51)61)21-24-38(37)54(47(50)60)49(62)66-30-32-19-22-35(23-20-32)56(63)64/h2-10,13-24,29,40-44,57H,1,25-28,30H2,(H,52,58)(H3,51,53,61)/t40-,41-,42-,43+,44+,50-/m1/s1. The number of esters is 1. The Kier molecular flexibility index (Phi) is 13.1. The van der Waals surface area contributed by atoms with Crippen LogP contribution in [0.1, 0.15) is 51.6 Å². The van der Waals surface area contributed by atoms with Crippen molar-refractivity contribution in [2.24, 2.45) is 11.7 Å². The highest BCUT2D eigenvalue weighted by Gasteiger charge is 2.76. The normalized spacial score (nSPS) is 21.5. The summed E-state index contributed by atoms with van der Waals surface area (Å²) >= 11 is 0. The van der Waals surface area contributed by atoms with E-state index in [1.54, 1.807) is 36.4 Å². The number of rotatable bonds is 13. The molecule has 5 aromatic rings. The van der Waals surface area contributed by atoms with Gasteiger partial charge >= 0.3 is 18.1 Å². The molecule has 8 rings (SSSR count). The topological polar surface area (TPSA) is 233 Å². The van der Waals surface area contributed by atoms with Gasteiger partial charge in [-0.25, -0.2) is 14.5 Å². The summed E-state index contributed by atoms with van der Waals surface area (Å²) in [6, 6.07) is 30.5. The highest BCUT2D eigenvalue weighted by atomic mass is 16.6. The van der Waals surface area contributed by atoms with Gasteiger partial charge in [-0.05, 0) is 58.7 Å². The molecule has 6 atom stereocenters. The molecule has 340 valence electrons. The number of non-ortho nitro benzene ring substituents is 1. The van der Waals surface area contributed by atoms with Crippen molar-refractivity contribution in [1.29, 1.82) is 0 Å². The third-order valence-corrected chi connectivity index (χ3v) is 12.0. The number of nitro benzene ring substituents is 1. The number of fused-ring (bicyclic) bond motifs is 3. The SMILES string of the molecule is C=CCNC(=O)[C@H]1[C@@H]2C(=O)O[C@@H](c3ccccc3)[C@@H](c3ccccc3)N2[C@@H](c2ccccc2OCCO)[C@]12C(=O)N(C(=O)OCc1ccc([N+](=O)[O-])cc1)c1ccc(C#CCNC(N)=O)cc12. The first-order valence-electron chi connectivity index (χ1n) is 21.2. The maximum Gasteiger partial charge on any atom is 0.421 e. The number of carbonyl (C=O) groups is 5. The van der Waals surface area contributed by atoms with Crippen molar-refractivity contribution in [2.45, 2.75) is 36.3 Å². The number of urea groups is 1. The van der Waals surface area contributed by atoms with Gasteiger partial charge in [0.05, 0.1) is 41.8 Å². The molecule has 5 N–H and O–H groups in total. The van der Waals surface area contributed by atoms with E-state index < -0.39 is 77.0 Å². The number of ether oxygens (including phenoxy) is 3. The number of hydrogen-bond donors (Lipinski definition) is 4. The number of primary amides is 1. The molecule has 0 aliphatic carbocycles. The smallest absolute Gasteiger partial charge is 0.421 e. The summed E-state index contributed by atoms with van der Waals surface area (Å²) in [7, 11) is 0.